The molecule has 6 rings (SSSR count). The van der Waals surface area contributed by atoms with Crippen molar-refractivity contribution in [2.45, 2.75) is 46.3 Å². The van der Waals surface area contributed by atoms with Crippen molar-refractivity contribution in [2.24, 2.45) is 7.05 Å². The summed E-state index contributed by atoms with van der Waals surface area (Å²) in [4.78, 5) is 13.8. The van der Waals surface area contributed by atoms with Crippen LogP contribution < -0.4 is 10.1 Å². The molecular formula is C39H42N4O4. The lowest BCUT2D eigenvalue weighted by Crippen LogP contribution is -2.16. The number of ether oxygens (including phenoxy) is 2. The SMILES string of the molecule is CCOC(=O)c1c(CCCOc2cccc3ccccc23)c2cccc(-c3c(C)nn(C)c3CO)c2n1CCCNc1ccccc1. The van der Waals surface area contributed by atoms with Crippen molar-refractivity contribution in [1.29, 1.82) is 0 Å². The molecular weight excluding hydrogens is 588 g/mol. The molecule has 0 unspecified atom stereocenters. The standard InChI is InChI=1S/C39H42N4O4/c1-4-46-39(45)38-32(21-12-25-47-35-22-10-15-28-14-8-9-18-30(28)35)31-19-11-20-33(36-27(2)41-42(3)34(36)26-44)37(31)43(38)24-13-23-40-29-16-6-5-7-17-29/h5-11,14-20,22,40,44H,4,12-13,21,23-26H2,1-3H3. The number of esters is 1. The molecule has 0 radical (unpaired) electrons. The van der Waals surface area contributed by atoms with E-state index in [-0.39, 0.29) is 19.2 Å². The third-order valence-corrected chi connectivity index (χ3v) is 8.66. The third kappa shape index (κ3) is 6.60. The first-order valence-corrected chi connectivity index (χ1v) is 16.4. The lowest BCUT2D eigenvalue weighted by molar-refractivity contribution is 0.0512. The molecule has 0 spiro atoms. The highest BCUT2D eigenvalue weighted by molar-refractivity contribution is 6.05. The highest BCUT2D eigenvalue weighted by Gasteiger charge is 2.27. The Labute approximate surface area is 275 Å². The quantitative estimate of drug-likeness (QED) is 0.0948. The van der Waals surface area contributed by atoms with E-state index >= 15 is 0 Å². The molecule has 6 aromatic rings. The minimum atomic E-state index is -0.332. The zero-order valence-corrected chi connectivity index (χ0v) is 27.3. The molecule has 2 heterocycles. The van der Waals surface area contributed by atoms with Crippen molar-refractivity contribution in [1.82, 2.24) is 14.3 Å². The Morgan fingerprint density at radius 1 is 0.915 bits per heavy atom. The largest absolute Gasteiger partial charge is 0.493 e. The van der Waals surface area contributed by atoms with Crippen molar-refractivity contribution in [3.63, 3.8) is 0 Å². The first kappa shape index (κ1) is 31.9. The summed E-state index contributed by atoms with van der Waals surface area (Å²) in [5.41, 5.74) is 6.92. The summed E-state index contributed by atoms with van der Waals surface area (Å²) in [7, 11) is 1.85. The fourth-order valence-corrected chi connectivity index (χ4v) is 6.61. The number of para-hydroxylation sites is 2. The number of carbonyl (C=O) groups excluding carboxylic acids is 1. The van der Waals surface area contributed by atoms with E-state index in [1.165, 1.54) is 0 Å². The highest BCUT2D eigenvalue weighted by Crippen LogP contribution is 2.38. The van der Waals surface area contributed by atoms with E-state index in [1.807, 2.05) is 81.6 Å². The third-order valence-electron chi connectivity index (χ3n) is 8.66. The Morgan fingerprint density at radius 3 is 2.47 bits per heavy atom. The van der Waals surface area contributed by atoms with Gasteiger partial charge in [0.2, 0.25) is 0 Å². The summed E-state index contributed by atoms with van der Waals surface area (Å²) < 4.78 is 15.9. The summed E-state index contributed by atoms with van der Waals surface area (Å²) in [6.07, 6.45) is 2.12. The molecule has 0 aliphatic heterocycles. The van der Waals surface area contributed by atoms with Gasteiger partial charge in [-0.05, 0) is 62.3 Å². The minimum Gasteiger partial charge on any atom is -0.493 e. The zero-order valence-electron chi connectivity index (χ0n) is 27.3. The first-order chi connectivity index (χ1) is 23.0. The number of fused-ring (bicyclic) bond motifs is 2. The lowest BCUT2D eigenvalue weighted by Gasteiger charge is -2.15. The monoisotopic (exact) mass is 630 g/mol. The number of benzene rings is 4. The molecule has 8 nitrogen and oxygen atoms in total. The van der Waals surface area contributed by atoms with Crippen LogP contribution in [0.1, 0.15) is 47.2 Å². The van der Waals surface area contributed by atoms with Crippen molar-refractivity contribution in [3.05, 3.63) is 114 Å². The summed E-state index contributed by atoms with van der Waals surface area (Å²) >= 11 is 0. The molecule has 0 amide bonds. The highest BCUT2D eigenvalue weighted by atomic mass is 16.5. The molecule has 4 aromatic carbocycles. The van der Waals surface area contributed by atoms with Gasteiger partial charge in [-0.1, -0.05) is 72.8 Å². The predicted octanol–water partition coefficient (Wildman–Crippen LogP) is 7.69. The predicted molar refractivity (Wildman–Crippen MR) is 188 cm³/mol. The molecule has 8 heteroatoms. The van der Waals surface area contributed by atoms with Gasteiger partial charge in [0.15, 0.2) is 0 Å². The molecule has 0 saturated carbocycles. The van der Waals surface area contributed by atoms with Gasteiger partial charge < -0.3 is 24.5 Å². The van der Waals surface area contributed by atoms with Crippen molar-refractivity contribution in [3.8, 4) is 16.9 Å². The van der Waals surface area contributed by atoms with E-state index in [0.717, 1.165) is 74.2 Å². The molecule has 2 aromatic heterocycles. The Morgan fingerprint density at radius 2 is 1.66 bits per heavy atom. The molecule has 0 saturated heterocycles. The van der Waals surface area contributed by atoms with E-state index in [2.05, 4.69) is 45.3 Å². The van der Waals surface area contributed by atoms with Gasteiger partial charge in [-0.2, -0.15) is 5.10 Å². The van der Waals surface area contributed by atoms with Gasteiger partial charge >= 0.3 is 5.97 Å². The fraction of sp³-hybridized carbons (Fsp3) is 0.282. The van der Waals surface area contributed by atoms with Gasteiger partial charge in [-0.15, -0.1) is 0 Å². The maximum atomic E-state index is 13.8. The summed E-state index contributed by atoms with van der Waals surface area (Å²) in [6, 6.07) is 30.6. The number of aromatic nitrogens is 3. The number of aryl methyl sites for hydroxylation is 4. The first-order valence-electron chi connectivity index (χ1n) is 16.4. The molecule has 0 atom stereocenters. The van der Waals surface area contributed by atoms with E-state index in [1.54, 1.807) is 4.68 Å². The number of hydrogen-bond acceptors (Lipinski definition) is 6. The number of nitrogens with zero attached hydrogens (tertiary/aromatic N) is 3. The molecule has 0 aliphatic rings. The Hall–Kier alpha value is -5.08. The maximum Gasteiger partial charge on any atom is 0.355 e. The minimum absolute atomic E-state index is 0.145. The van der Waals surface area contributed by atoms with Crippen LogP contribution in [0, 0.1) is 6.92 Å². The van der Waals surface area contributed by atoms with E-state index in [9.17, 15) is 9.90 Å². The fourth-order valence-electron chi connectivity index (χ4n) is 6.61. The van der Waals surface area contributed by atoms with E-state index in [4.69, 9.17) is 9.47 Å². The number of rotatable bonds is 14. The maximum absolute atomic E-state index is 13.8. The second-order valence-electron chi connectivity index (χ2n) is 11.7. The number of nitrogens with one attached hydrogen (secondary N) is 1. The Bertz CT molecular complexity index is 1990. The van der Waals surface area contributed by atoms with Crippen molar-refractivity contribution < 1.29 is 19.4 Å². The molecule has 0 aliphatic carbocycles. The van der Waals surface area contributed by atoms with Crippen molar-refractivity contribution >= 4 is 33.3 Å². The average Bonchev–Trinajstić information content (AvgIpc) is 3.57. The molecule has 47 heavy (non-hydrogen) atoms. The Balaban J connectivity index is 1.38. The molecule has 242 valence electrons. The van der Waals surface area contributed by atoms with Gasteiger partial charge in [-0.3, -0.25) is 4.68 Å². The number of anilines is 1. The summed E-state index contributed by atoms with van der Waals surface area (Å²) in [5.74, 6) is 0.522. The number of carbonyl (C=O) groups is 1. The summed E-state index contributed by atoms with van der Waals surface area (Å²) in [6.45, 7) is 5.76. The second kappa shape index (κ2) is 14.6. The van der Waals surface area contributed by atoms with Gasteiger partial charge in [0.05, 0.1) is 36.7 Å². The van der Waals surface area contributed by atoms with Crippen LogP contribution in [-0.2, 0) is 31.4 Å². The second-order valence-corrected chi connectivity index (χ2v) is 11.7. The van der Waals surface area contributed by atoms with E-state index in [0.29, 0.717) is 31.7 Å². The number of aliphatic hydroxyl groups is 1. The molecule has 2 N–H and O–H groups in total. The normalized spacial score (nSPS) is 11.3. The Kier molecular flexibility index (Phi) is 9.88. The van der Waals surface area contributed by atoms with Gasteiger partial charge in [0, 0.05) is 47.7 Å². The van der Waals surface area contributed by atoms with Crippen LogP contribution in [0.2, 0.25) is 0 Å². The van der Waals surface area contributed by atoms with Gasteiger partial charge in [-0.25, -0.2) is 4.79 Å². The van der Waals surface area contributed by atoms with Crippen LogP contribution in [-0.4, -0.2) is 45.2 Å². The van der Waals surface area contributed by atoms with E-state index < -0.39 is 0 Å². The zero-order chi connectivity index (χ0) is 32.8. The van der Waals surface area contributed by atoms with Crippen LogP contribution in [0.3, 0.4) is 0 Å². The van der Waals surface area contributed by atoms with Crippen LogP contribution in [0.25, 0.3) is 32.8 Å². The lowest BCUT2D eigenvalue weighted by atomic mass is 9.98. The van der Waals surface area contributed by atoms with Crippen molar-refractivity contribution in [2.75, 3.05) is 25.1 Å². The summed E-state index contributed by atoms with van der Waals surface area (Å²) in [5, 5.41) is 21.7. The number of aliphatic hydroxyl groups excluding tert-OH is 1. The van der Waals surface area contributed by atoms with Crippen LogP contribution in [0.15, 0.2) is 91.0 Å². The van der Waals surface area contributed by atoms with Crippen LogP contribution >= 0.6 is 0 Å². The van der Waals surface area contributed by atoms with Gasteiger partial charge in [0.1, 0.15) is 11.4 Å². The smallest absolute Gasteiger partial charge is 0.355 e. The topological polar surface area (TPSA) is 90.5 Å². The van der Waals surface area contributed by atoms with Gasteiger partial charge in [0.25, 0.3) is 0 Å². The number of hydrogen-bond donors (Lipinski definition) is 2. The van der Waals surface area contributed by atoms with Crippen LogP contribution in [0.4, 0.5) is 5.69 Å². The molecule has 0 bridgehead atoms. The molecule has 0 fully saturated rings. The average molecular weight is 631 g/mol. The van der Waals surface area contributed by atoms with Crippen LogP contribution in [0.5, 0.6) is 5.75 Å².